The van der Waals surface area contributed by atoms with Crippen LogP contribution in [-0.4, -0.2) is 22.2 Å². The number of carbonyl (C=O) groups excluding carboxylic acids is 1. The first-order valence-corrected chi connectivity index (χ1v) is 12.4. The molecule has 6 rings (SSSR count). The van der Waals surface area contributed by atoms with Crippen molar-refractivity contribution in [3.05, 3.63) is 117 Å². The number of aryl methyl sites for hydroxylation is 1. The summed E-state index contributed by atoms with van der Waals surface area (Å²) in [6, 6.07) is 17.4. The van der Waals surface area contributed by atoms with Gasteiger partial charge in [-0.1, -0.05) is 17.3 Å². The minimum Gasteiger partial charge on any atom is -0.364 e. The van der Waals surface area contributed by atoms with Crippen LogP contribution in [0, 0.1) is 12.7 Å². The number of hydrogen-bond acceptors (Lipinski definition) is 5. The minimum atomic E-state index is -0.537. The first-order valence-electron chi connectivity index (χ1n) is 12.4. The second-order valence-electron chi connectivity index (χ2n) is 9.58. The largest absolute Gasteiger partial charge is 0.364 e. The van der Waals surface area contributed by atoms with Crippen molar-refractivity contribution in [1.82, 2.24) is 15.0 Å². The Morgan fingerprint density at radius 2 is 2.00 bits per heavy atom. The lowest BCUT2D eigenvalue weighted by Crippen LogP contribution is -2.24. The summed E-state index contributed by atoms with van der Waals surface area (Å²) in [5.41, 5.74) is 6.13. The molecule has 5 aromatic rings. The summed E-state index contributed by atoms with van der Waals surface area (Å²) in [5, 5.41) is 11.4. The van der Waals surface area contributed by atoms with Crippen LogP contribution in [0.25, 0.3) is 21.9 Å². The summed E-state index contributed by atoms with van der Waals surface area (Å²) in [5.74, 6) is -0.943. The van der Waals surface area contributed by atoms with E-state index in [0.29, 0.717) is 16.6 Å². The third-order valence-electron chi connectivity index (χ3n) is 6.96. The molecule has 2 aromatic heterocycles. The van der Waals surface area contributed by atoms with E-state index in [9.17, 15) is 14.0 Å². The Kier molecular flexibility index (Phi) is 6.09. The van der Waals surface area contributed by atoms with Crippen LogP contribution in [0.2, 0.25) is 0 Å². The van der Waals surface area contributed by atoms with E-state index in [1.807, 2.05) is 43.3 Å². The van der Waals surface area contributed by atoms with Crippen LogP contribution in [0.15, 0.2) is 82.4 Å². The number of aromatic nitrogens is 2. The molecule has 3 heterocycles. The summed E-state index contributed by atoms with van der Waals surface area (Å²) < 4.78 is 21.1. The Morgan fingerprint density at radius 3 is 2.84 bits per heavy atom. The maximum atomic E-state index is 14.5. The topological polar surface area (TPSA) is 89.2 Å². The molecule has 1 amide bonds. The molecule has 1 aliphatic heterocycles. The van der Waals surface area contributed by atoms with Crippen LogP contribution < -0.4 is 16.2 Å². The SMILES string of the molecule is Cc1nocc1-c1ccc2c(=O)n(Cc3cc(F)cc(C(=O)Nc4ccc5c(c4)CNCC5)c3)ccc2c1. The Balaban J connectivity index is 1.25. The van der Waals surface area contributed by atoms with Gasteiger partial charge in [-0.15, -0.1) is 0 Å². The predicted molar refractivity (Wildman–Crippen MR) is 144 cm³/mol. The van der Waals surface area contributed by atoms with Crippen molar-refractivity contribution in [3.8, 4) is 11.1 Å². The van der Waals surface area contributed by atoms with E-state index in [1.54, 1.807) is 24.6 Å². The zero-order valence-electron chi connectivity index (χ0n) is 20.8. The summed E-state index contributed by atoms with van der Waals surface area (Å²) >= 11 is 0. The van der Waals surface area contributed by atoms with Gasteiger partial charge in [0.05, 0.1) is 12.2 Å². The number of carbonyl (C=O) groups is 1. The lowest BCUT2D eigenvalue weighted by atomic mass is 10.0. The molecule has 0 spiro atoms. The highest BCUT2D eigenvalue weighted by atomic mass is 19.1. The Labute approximate surface area is 217 Å². The molecule has 0 saturated heterocycles. The number of nitrogens with zero attached hydrogens (tertiary/aromatic N) is 2. The summed E-state index contributed by atoms with van der Waals surface area (Å²) in [7, 11) is 0. The van der Waals surface area contributed by atoms with E-state index in [-0.39, 0.29) is 17.7 Å². The lowest BCUT2D eigenvalue weighted by Gasteiger charge is -2.18. The van der Waals surface area contributed by atoms with Crippen molar-refractivity contribution in [3.63, 3.8) is 0 Å². The molecule has 0 bridgehead atoms. The third kappa shape index (κ3) is 4.62. The highest BCUT2D eigenvalue weighted by Crippen LogP contribution is 2.26. The fourth-order valence-corrected chi connectivity index (χ4v) is 4.98. The minimum absolute atomic E-state index is 0.129. The monoisotopic (exact) mass is 508 g/mol. The van der Waals surface area contributed by atoms with Gasteiger partial charge in [0.1, 0.15) is 12.1 Å². The van der Waals surface area contributed by atoms with Crippen LogP contribution in [0.1, 0.15) is 32.7 Å². The number of nitrogens with one attached hydrogen (secondary N) is 2. The lowest BCUT2D eigenvalue weighted by molar-refractivity contribution is 0.102. The average Bonchev–Trinajstić information content (AvgIpc) is 3.35. The van der Waals surface area contributed by atoms with Crippen LogP contribution in [0.3, 0.4) is 0 Å². The zero-order chi connectivity index (χ0) is 26.2. The van der Waals surface area contributed by atoms with Gasteiger partial charge in [-0.05, 0) is 96.1 Å². The van der Waals surface area contributed by atoms with E-state index in [0.717, 1.165) is 47.3 Å². The number of amides is 1. The van der Waals surface area contributed by atoms with Crippen molar-refractivity contribution in [2.45, 2.75) is 26.4 Å². The van der Waals surface area contributed by atoms with Gasteiger partial charge in [0.15, 0.2) is 0 Å². The maximum absolute atomic E-state index is 14.5. The number of anilines is 1. The average molecular weight is 509 g/mol. The number of hydrogen-bond donors (Lipinski definition) is 2. The summed E-state index contributed by atoms with van der Waals surface area (Å²) in [4.78, 5) is 26.2. The van der Waals surface area contributed by atoms with Gasteiger partial charge >= 0.3 is 0 Å². The number of fused-ring (bicyclic) bond motifs is 2. The molecule has 0 radical (unpaired) electrons. The fourth-order valence-electron chi connectivity index (χ4n) is 4.98. The fraction of sp³-hybridized carbons (Fsp3) is 0.167. The first kappa shape index (κ1) is 23.8. The molecule has 1 aliphatic rings. The summed E-state index contributed by atoms with van der Waals surface area (Å²) in [6.45, 7) is 3.68. The normalized spacial score (nSPS) is 12.9. The Hall–Kier alpha value is -4.56. The Bertz CT molecular complexity index is 1750. The molecule has 38 heavy (non-hydrogen) atoms. The van der Waals surface area contributed by atoms with Gasteiger partial charge in [-0.3, -0.25) is 9.59 Å². The first-order chi connectivity index (χ1) is 18.4. The second-order valence-corrected chi connectivity index (χ2v) is 9.58. The molecular formula is C30H25FN4O3. The van der Waals surface area contributed by atoms with E-state index in [2.05, 4.69) is 15.8 Å². The van der Waals surface area contributed by atoms with Crippen molar-refractivity contribution < 1.29 is 13.7 Å². The van der Waals surface area contributed by atoms with Crippen LogP contribution in [-0.2, 0) is 19.5 Å². The molecule has 0 unspecified atom stereocenters. The third-order valence-corrected chi connectivity index (χ3v) is 6.96. The van der Waals surface area contributed by atoms with E-state index in [1.165, 1.54) is 22.3 Å². The quantitative estimate of drug-likeness (QED) is 0.347. The van der Waals surface area contributed by atoms with Crippen LogP contribution in [0.5, 0.6) is 0 Å². The van der Waals surface area contributed by atoms with Crippen molar-refractivity contribution in [2.75, 3.05) is 11.9 Å². The number of pyridine rings is 1. The molecule has 190 valence electrons. The van der Waals surface area contributed by atoms with E-state index < -0.39 is 11.7 Å². The molecular weight excluding hydrogens is 483 g/mol. The van der Waals surface area contributed by atoms with Crippen molar-refractivity contribution >= 4 is 22.4 Å². The smallest absolute Gasteiger partial charge is 0.258 e. The molecule has 0 fully saturated rings. The van der Waals surface area contributed by atoms with Gasteiger partial charge in [0.2, 0.25) is 0 Å². The number of halogens is 1. The molecule has 7 nitrogen and oxygen atoms in total. The molecule has 0 aliphatic carbocycles. The predicted octanol–water partition coefficient (Wildman–Crippen LogP) is 5.05. The summed E-state index contributed by atoms with van der Waals surface area (Å²) in [6.07, 6.45) is 4.21. The van der Waals surface area contributed by atoms with E-state index in [4.69, 9.17) is 4.52 Å². The standard InChI is InChI=1S/C30H25FN4O3/c1-18-28(17-38-34-18)21-3-5-27-22(12-21)7-9-35(30(27)37)16-19-10-23(13-25(31)11-19)29(36)33-26-4-2-20-6-8-32-15-24(20)14-26/h2-5,7,9-14,17,32H,6,8,15-16H2,1H3,(H,33,36). The van der Waals surface area contributed by atoms with Gasteiger partial charge in [0, 0.05) is 34.9 Å². The van der Waals surface area contributed by atoms with Gasteiger partial charge < -0.3 is 19.7 Å². The molecule has 2 N–H and O–H groups in total. The van der Waals surface area contributed by atoms with Crippen molar-refractivity contribution in [1.29, 1.82) is 0 Å². The molecule has 0 saturated carbocycles. The highest BCUT2D eigenvalue weighted by molar-refractivity contribution is 6.04. The van der Waals surface area contributed by atoms with Gasteiger partial charge in [-0.2, -0.15) is 0 Å². The molecule has 8 heteroatoms. The number of rotatable bonds is 5. The zero-order valence-corrected chi connectivity index (χ0v) is 20.8. The van der Waals surface area contributed by atoms with Gasteiger partial charge in [0.25, 0.3) is 11.5 Å². The second kappa shape index (κ2) is 9.72. The van der Waals surface area contributed by atoms with Crippen LogP contribution >= 0.6 is 0 Å². The van der Waals surface area contributed by atoms with Crippen LogP contribution in [0.4, 0.5) is 10.1 Å². The van der Waals surface area contributed by atoms with Crippen molar-refractivity contribution in [2.24, 2.45) is 0 Å². The Morgan fingerprint density at radius 1 is 1.11 bits per heavy atom. The molecule has 3 aromatic carbocycles. The number of benzene rings is 3. The van der Waals surface area contributed by atoms with Gasteiger partial charge in [-0.25, -0.2) is 4.39 Å². The highest BCUT2D eigenvalue weighted by Gasteiger charge is 2.14. The molecule has 0 atom stereocenters. The maximum Gasteiger partial charge on any atom is 0.258 e. The van der Waals surface area contributed by atoms with E-state index >= 15 is 0 Å².